The summed E-state index contributed by atoms with van der Waals surface area (Å²) in [5, 5.41) is 0. The Morgan fingerprint density at radius 1 is 1.22 bits per heavy atom. The molecule has 18 heavy (non-hydrogen) atoms. The van der Waals surface area contributed by atoms with Crippen molar-refractivity contribution >= 4 is 10.0 Å². The van der Waals surface area contributed by atoms with Gasteiger partial charge in [0, 0.05) is 12.7 Å². The van der Waals surface area contributed by atoms with E-state index >= 15 is 0 Å². The van der Waals surface area contributed by atoms with Crippen LogP contribution in [-0.4, -0.2) is 19.3 Å². The highest BCUT2D eigenvalue weighted by Gasteiger charge is 2.23. The van der Waals surface area contributed by atoms with Crippen LogP contribution in [-0.2, 0) is 10.0 Å². The monoisotopic (exact) mass is 265 g/mol. The Labute approximate surface area is 109 Å². The van der Waals surface area contributed by atoms with Gasteiger partial charge in [-0.3, -0.25) is 4.31 Å². The van der Waals surface area contributed by atoms with Crippen LogP contribution in [0.25, 0.3) is 0 Å². The summed E-state index contributed by atoms with van der Waals surface area (Å²) >= 11 is 0. The first-order valence-corrected chi connectivity index (χ1v) is 7.76. The van der Waals surface area contributed by atoms with Crippen molar-refractivity contribution < 1.29 is 8.42 Å². The van der Waals surface area contributed by atoms with Gasteiger partial charge in [-0.15, -0.1) is 0 Å². The van der Waals surface area contributed by atoms with Crippen LogP contribution in [0.2, 0.25) is 0 Å². The summed E-state index contributed by atoms with van der Waals surface area (Å²) < 4.78 is 26.4. The third-order valence-corrected chi connectivity index (χ3v) is 5.06. The van der Waals surface area contributed by atoms with E-state index in [9.17, 15) is 8.42 Å². The fourth-order valence-corrected chi connectivity index (χ4v) is 3.51. The number of allylic oxidation sites excluding steroid dienone is 1. The van der Waals surface area contributed by atoms with Gasteiger partial charge in [0.2, 0.25) is 0 Å². The Balaban J connectivity index is 2.34. The van der Waals surface area contributed by atoms with E-state index in [1.807, 2.05) is 19.1 Å². The van der Waals surface area contributed by atoms with Crippen molar-refractivity contribution in [2.45, 2.75) is 38.0 Å². The van der Waals surface area contributed by atoms with Crippen molar-refractivity contribution in [1.82, 2.24) is 4.31 Å². The third-order valence-electron chi connectivity index (χ3n) is 3.28. The van der Waals surface area contributed by atoms with E-state index in [0.717, 1.165) is 24.8 Å². The minimum absolute atomic E-state index is 0.377. The van der Waals surface area contributed by atoms with Gasteiger partial charge in [0.15, 0.2) is 0 Å². The molecule has 0 aromatic heterocycles. The van der Waals surface area contributed by atoms with E-state index in [1.54, 1.807) is 18.3 Å². The lowest BCUT2D eigenvalue weighted by Gasteiger charge is -2.26. The maximum Gasteiger partial charge on any atom is 0.263 e. The molecule has 98 valence electrons. The Hall–Kier alpha value is -1.29. The summed E-state index contributed by atoms with van der Waals surface area (Å²) in [5.41, 5.74) is 2.27. The molecular weight excluding hydrogens is 246 g/mol. The average molecular weight is 265 g/mol. The number of hydrogen-bond acceptors (Lipinski definition) is 2. The second kappa shape index (κ2) is 5.14. The van der Waals surface area contributed by atoms with E-state index in [1.165, 1.54) is 9.88 Å². The number of hydrogen-bond donors (Lipinski definition) is 0. The summed E-state index contributed by atoms with van der Waals surface area (Å²) in [7, 11) is -3.36. The SMILES string of the molecule is CCC1=CN(S(=O)(=O)c2ccc(C)cc2)CCC1. The molecule has 2 rings (SSSR count). The van der Waals surface area contributed by atoms with Crippen LogP contribution >= 0.6 is 0 Å². The van der Waals surface area contributed by atoms with Crippen molar-refractivity contribution in [3.8, 4) is 0 Å². The zero-order chi connectivity index (χ0) is 13.2. The van der Waals surface area contributed by atoms with Gasteiger partial charge >= 0.3 is 0 Å². The smallest absolute Gasteiger partial charge is 0.263 e. The van der Waals surface area contributed by atoms with Gasteiger partial charge in [0.1, 0.15) is 0 Å². The molecule has 0 radical (unpaired) electrons. The van der Waals surface area contributed by atoms with Crippen molar-refractivity contribution in [3.63, 3.8) is 0 Å². The molecule has 0 atom stereocenters. The number of aryl methyl sites for hydroxylation is 1. The summed E-state index contributed by atoms with van der Waals surface area (Å²) in [6.45, 7) is 4.60. The molecule has 0 aliphatic carbocycles. The van der Waals surface area contributed by atoms with Gasteiger partial charge in [0.25, 0.3) is 10.0 Å². The molecule has 0 unspecified atom stereocenters. The van der Waals surface area contributed by atoms with Crippen LogP contribution in [0.15, 0.2) is 40.9 Å². The third kappa shape index (κ3) is 2.58. The van der Waals surface area contributed by atoms with Crippen molar-refractivity contribution in [2.24, 2.45) is 0 Å². The molecule has 1 heterocycles. The van der Waals surface area contributed by atoms with Crippen LogP contribution in [0.1, 0.15) is 31.7 Å². The maximum atomic E-state index is 12.4. The minimum Gasteiger partial charge on any atom is -0.273 e. The van der Waals surface area contributed by atoms with Gasteiger partial charge in [-0.25, -0.2) is 8.42 Å². The van der Waals surface area contributed by atoms with E-state index in [2.05, 4.69) is 6.92 Å². The Kier molecular flexibility index (Phi) is 3.76. The molecule has 0 saturated heterocycles. The quantitative estimate of drug-likeness (QED) is 0.842. The summed E-state index contributed by atoms with van der Waals surface area (Å²) in [6.07, 6.45) is 4.64. The van der Waals surface area contributed by atoms with E-state index in [0.29, 0.717) is 11.4 Å². The van der Waals surface area contributed by atoms with Gasteiger partial charge in [0.05, 0.1) is 4.90 Å². The first-order chi connectivity index (χ1) is 8.54. The predicted molar refractivity (Wildman–Crippen MR) is 72.7 cm³/mol. The minimum atomic E-state index is -3.36. The molecule has 0 amide bonds. The molecule has 0 N–H and O–H groups in total. The van der Waals surface area contributed by atoms with Crippen LogP contribution in [0.5, 0.6) is 0 Å². The lowest BCUT2D eigenvalue weighted by Crippen LogP contribution is -2.29. The van der Waals surface area contributed by atoms with Crippen molar-refractivity contribution in [1.29, 1.82) is 0 Å². The van der Waals surface area contributed by atoms with Gasteiger partial charge in [-0.2, -0.15) is 0 Å². The molecule has 3 nitrogen and oxygen atoms in total. The zero-order valence-corrected chi connectivity index (χ0v) is 11.7. The number of rotatable bonds is 3. The topological polar surface area (TPSA) is 37.4 Å². The molecular formula is C14H19NO2S. The van der Waals surface area contributed by atoms with Crippen LogP contribution in [0.3, 0.4) is 0 Å². The Bertz CT molecular complexity index is 544. The van der Waals surface area contributed by atoms with E-state index < -0.39 is 10.0 Å². The molecule has 0 bridgehead atoms. The normalized spacial score (nSPS) is 16.6. The van der Waals surface area contributed by atoms with Crippen molar-refractivity contribution in [3.05, 3.63) is 41.6 Å². The fraction of sp³-hybridized carbons (Fsp3) is 0.429. The highest BCUT2D eigenvalue weighted by atomic mass is 32.2. The highest BCUT2D eigenvalue weighted by Crippen LogP contribution is 2.24. The molecule has 0 saturated carbocycles. The second-order valence-corrected chi connectivity index (χ2v) is 6.56. The first-order valence-electron chi connectivity index (χ1n) is 6.32. The number of benzene rings is 1. The Morgan fingerprint density at radius 2 is 1.89 bits per heavy atom. The molecule has 0 spiro atoms. The lowest BCUT2D eigenvalue weighted by molar-refractivity contribution is 0.465. The zero-order valence-electron chi connectivity index (χ0n) is 10.9. The molecule has 1 aliphatic rings. The summed E-state index contributed by atoms with van der Waals surface area (Å²) in [6, 6.07) is 7.03. The van der Waals surface area contributed by atoms with Crippen LogP contribution in [0, 0.1) is 6.92 Å². The molecule has 1 aliphatic heterocycles. The van der Waals surface area contributed by atoms with E-state index in [-0.39, 0.29) is 0 Å². The largest absolute Gasteiger partial charge is 0.273 e. The molecule has 1 aromatic carbocycles. The number of nitrogens with zero attached hydrogens (tertiary/aromatic N) is 1. The van der Waals surface area contributed by atoms with Crippen LogP contribution in [0.4, 0.5) is 0 Å². The average Bonchev–Trinajstić information content (AvgIpc) is 2.39. The second-order valence-electron chi connectivity index (χ2n) is 4.67. The van der Waals surface area contributed by atoms with Crippen LogP contribution < -0.4 is 0 Å². The van der Waals surface area contributed by atoms with E-state index in [4.69, 9.17) is 0 Å². The molecule has 4 heteroatoms. The van der Waals surface area contributed by atoms with Gasteiger partial charge in [-0.1, -0.05) is 30.2 Å². The first kappa shape index (κ1) is 13.1. The van der Waals surface area contributed by atoms with Gasteiger partial charge < -0.3 is 0 Å². The summed E-state index contributed by atoms with van der Waals surface area (Å²) in [5.74, 6) is 0. The van der Waals surface area contributed by atoms with Gasteiger partial charge in [-0.05, 0) is 38.3 Å². The predicted octanol–water partition coefficient (Wildman–Crippen LogP) is 3.07. The molecule has 1 aromatic rings. The van der Waals surface area contributed by atoms with Crippen molar-refractivity contribution in [2.75, 3.05) is 6.54 Å². The molecule has 0 fully saturated rings. The summed E-state index contributed by atoms with van der Waals surface area (Å²) in [4.78, 5) is 0.377. The highest BCUT2D eigenvalue weighted by molar-refractivity contribution is 7.89. The lowest BCUT2D eigenvalue weighted by atomic mass is 10.1. The number of sulfonamides is 1. The Morgan fingerprint density at radius 3 is 2.50 bits per heavy atom. The standard InChI is InChI=1S/C14H19NO2S/c1-3-13-5-4-10-15(11-13)18(16,17)14-8-6-12(2)7-9-14/h6-9,11H,3-5,10H2,1-2H3. The fourth-order valence-electron chi connectivity index (χ4n) is 2.10. The maximum absolute atomic E-state index is 12.4.